The number of aliphatic hydroxyl groups is 1. The number of Topliss-reactive ketones (excluding diaryl/α,β-unsaturated/α-hetero) is 1. The summed E-state index contributed by atoms with van der Waals surface area (Å²) in [6.07, 6.45) is 6.96. The zero-order valence-corrected chi connectivity index (χ0v) is 16.9. The van der Waals surface area contributed by atoms with E-state index in [0.29, 0.717) is 25.0 Å². The Bertz CT molecular complexity index is 676. The van der Waals surface area contributed by atoms with Crippen molar-refractivity contribution in [1.29, 1.82) is 0 Å². The number of ketones is 2. The molecule has 4 nitrogen and oxygen atoms in total. The van der Waals surface area contributed by atoms with Crippen molar-refractivity contribution >= 4 is 11.6 Å². The van der Waals surface area contributed by atoms with Crippen LogP contribution in [0.5, 0.6) is 0 Å². The van der Waals surface area contributed by atoms with E-state index in [2.05, 4.69) is 6.08 Å². The van der Waals surface area contributed by atoms with Crippen LogP contribution in [0.2, 0.25) is 0 Å². The minimum Gasteiger partial charge on any atom is -0.500 e. The van der Waals surface area contributed by atoms with Gasteiger partial charge in [-0.3, -0.25) is 9.59 Å². The number of hydrogen-bond donors (Lipinski definition) is 1. The van der Waals surface area contributed by atoms with E-state index in [9.17, 15) is 14.7 Å². The quantitative estimate of drug-likeness (QED) is 0.571. The third kappa shape index (κ3) is 3.44. The van der Waals surface area contributed by atoms with Gasteiger partial charge in [-0.25, -0.2) is 0 Å². The normalized spacial score (nSPS) is 33.4. The van der Waals surface area contributed by atoms with Crippen molar-refractivity contribution in [2.24, 2.45) is 16.7 Å². The Balaban J connectivity index is 2.49. The van der Waals surface area contributed by atoms with Crippen LogP contribution in [0.15, 0.2) is 35.1 Å². The van der Waals surface area contributed by atoms with E-state index in [1.54, 1.807) is 0 Å². The molecular weight excluding hydrogens is 328 g/mol. The van der Waals surface area contributed by atoms with E-state index in [1.807, 2.05) is 40.7 Å². The van der Waals surface area contributed by atoms with E-state index in [1.165, 1.54) is 18.8 Å². The van der Waals surface area contributed by atoms with Crippen molar-refractivity contribution < 1.29 is 19.4 Å². The summed E-state index contributed by atoms with van der Waals surface area (Å²) < 4.78 is 5.45. The summed E-state index contributed by atoms with van der Waals surface area (Å²) in [5, 5.41) is 11.0. The Morgan fingerprint density at radius 3 is 2.38 bits per heavy atom. The molecule has 2 rings (SSSR count). The van der Waals surface area contributed by atoms with Crippen LogP contribution >= 0.6 is 0 Å². The highest BCUT2D eigenvalue weighted by atomic mass is 16.5. The first kappa shape index (κ1) is 20.6. The van der Waals surface area contributed by atoms with Crippen LogP contribution in [0.3, 0.4) is 0 Å². The second-order valence-electron chi connectivity index (χ2n) is 8.53. The number of allylic oxidation sites excluding steroid dienone is 6. The molecule has 1 N–H and O–H groups in total. The van der Waals surface area contributed by atoms with E-state index in [4.69, 9.17) is 4.74 Å². The van der Waals surface area contributed by atoms with Gasteiger partial charge in [0.1, 0.15) is 5.76 Å². The fourth-order valence-electron chi connectivity index (χ4n) is 4.36. The van der Waals surface area contributed by atoms with Crippen molar-refractivity contribution in [3.63, 3.8) is 0 Å². The standard InChI is InChI=1S/C22H32O4/c1-14(2)8-7-10-21(5)17(24)13-22(11-9-15(3)4)18(26-6)12-16(23)19(21)20(22)25/h8-9,12,17,19,24H,7,10-11,13H2,1-6H3. The van der Waals surface area contributed by atoms with Crippen LogP contribution in [0.4, 0.5) is 0 Å². The van der Waals surface area contributed by atoms with Crippen molar-refractivity contribution in [2.75, 3.05) is 7.11 Å². The van der Waals surface area contributed by atoms with Gasteiger partial charge in [0.15, 0.2) is 11.6 Å². The van der Waals surface area contributed by atoms with Gasteiger partial charge in [-0.05, 0) is 53.4 Å². The lowest BCUT2D eigenvalue weighted by Crippen LogP contribution is -2.61. The SMILES string of the molecule is COC1=CC(=O)C2C(=O)C1(CC=C(C)C)CC(O)C2(C)CCC=C(C)C. The molecule has 4 unspecified atom stereocenters. The molecule has 144 valence electrons. The van der Waals surface area contributed by atoms with Gasteiger partial charge in [0.2, 0.25) is 0 Å². The molecule has 0 aliphatic heterocycles. The number of carbonyl (C=O) groups excluding carboxylic acids is 2. The van der Waals surface area contributed by atoms with Crippen LogP contribution in [0.25, 0.3) is 0 Å². The molecule has 0 spiro atoms. The number of rotatable bonds is 6. The molecule has 1 saturated carbocycles. The highest BCUT2D eigenvalue weighted by Gasteiger charge is 2.63. The fourth-order valence-corrected chi connectivity index (χ4v) is 4.36. The molecule has 4 heteroatoms. The Labute approximate surface area is 157 Å². The Morgan fingerprint density at radius 2 is 1.85 bits per heavy atom. The van der Waals surface area contributed by atoms with Gasteiger partial charge in [-0.1, -0.05) is 30.2 Å². The highest BCUT2D eigenvalue weighted by Crippen LogP contribution is 2.56. The van der Waals surface area contributed by atoms with Crippen LogP contribution in [0.1, 0.15) is 60.3 Å². The Hall–Kier alpha value is -1.68. The molecule has 26 heavy (non-hydrogen) atoms. The van der Waals surface area contributed by atoms with Gasteiger partial charge in [-0.15, -0.1) is 0 Å². The van der Waals surface area contributed by atoms with Crippen LogP contribution < -0.4 is 0 Å². The molecule has 0 heterocycles. The van der Waals surface area contributed by atoms with Crippen molar-refractivity contribution in [2.45, 2.75) is 66.4 Å². The monoisotopic (exact) mass is 360 g/mol. The molecule has 0 saturated heterocycles. The largest absolute Gasteiger partial charge is 0.500 e. The zero-order chi connectivity index (χ0) is 19.7. The maximum atomic E-state index is 13.5. The predicted molar refractivity (Wildman–Crippen MR) is 102 cm³/mol. The smallest absolute Gasteiger partial charge is 0.170 e. The number of methoxy groups -OCH3 is 1. The minimum atomic E-state index is -0.931. The molecule has 0 aromatic rings. The van der Waals surface area contributed by atoms with Gasteiger partial charge in [0, 0.05) is 11.5 Å². The third-order valence-electron chi connectivity index (χ3n) is 6.04. The minimum absolute atomic E-state index is 0.0932. The summed E-state index contributed by atoms with van der Waals surface area (Å²) in [6, 6.07) is 0. The average molecular weight is 360 g/mol. The highest BCUT2D eigenvalue weighted by molar-refractivity contribution is 6.14. The van der Waals surface area contributed by atoms with Crippen molar-refractivity contribution in [1.82, 2.24) is 0 Å². The summed E-state index contributed by atoms with van der Waals surface area (Å²) in [6.45, 7) is 9.88. The lowest BCUT2D eigenvalue weighted by molar-refractivity contribution is -0.164. The second-order valence-corrected chi connectivity index (χ2v) is 8.53. The van der Waals surface area contributed by atoms with Crippen LogP contribution in [-0.2, 0) is 14.3 Å². The topological polar surface area (TPSA) is 63.6 Å². The maximum absolute atomic E-state index is 13.5. The first-order valence-corrected chi connectivity index (χ1v) is 9.37. The van der Waals surface area contributed by atoms with Crippen molar-refractivity contribution in [3.05, 3.63) is 35.1 Å². The Kier molecular flexibility index (Phi) is 5.96. The van der Waals surface area contributed by atoms with E-state index in [-0.39, 0.29) is 11.6 Å². The number of aliphatic hydroxyl groups excluding tert-OH is 1. The average Bonchev–Trinajstić information content (AvgIpc) is 2.54. The first-order valence-electron chi connectivity index (χ1n) is 9.37. The fraction of sp³-hybridized carbons (Fsp3) is 0.636. The number of hydrogen-bond acceptors (Lipinski definition) is 4. The lowest BCUT2D eigenvalue weighted by atomic mass is 9.50. The summed E-state index contributed by atoms with van der Waals surface area (Å²) in [5.74, 6) is -0.740. The van der Waals surface area contributed by atoms with E-state index in [0.717, 1.165) is 12.0 Å². The second kappa shape index (κ2) is 7.51. The van der Waals surface area contributed by atoms with Gasteiger partial charge < -0.3 is 9.84 Å². The van der Waals surface area contributed by atoms with Gasteiger partial charge >= 0.3 is 0 Å². The van der Waals surface area contributed by atoms with Crippen LogP contribution in [-0.4, -0.2) is 29.9 Å². The number of ether oxygens (including phenoxy) is 1. The molecule has 0 aromatic heterocycles. The van der Waals surface area contributed by atoms with Gasteiger partial charge in [-0.2, -0.15) is 0 Å². The van der Waals surface area contributed by atoms with Gasteiger partial charge in [0.25, 0.3) is 0 Å². The van der Waals surface area contributed by atoms with Crippen molar-refractivity contribution in [3.8, 4) is 0 Å². The van der Waals surface area contributed by atoms with Gasteiger partial charge in [0.05, 0.1) is 24.5 Å². The number of carbonyl (C=O) groups is 2. The zero-order valence-electron chi connectivity index (χ0n) is 16.9. The summed E-state index contributed by atoms with van der Waals surface area (Å²) in [7, 11) is 1.49. The van der Waals surface area contributed by atoms with E-state index >= 15 is 0 Å². The molecule has 0 radical (unpaired) electrons. The molecule has 0 amide bonds. The third-order valence-corrected chi connectivity index (χ3v) is 6.04. The predicted octanol–water partition coefficient (Wildman–Crippen LogP) is 4.14. The molecule has 0 aromatic carbocycles. The molecule has 4 atom stereocenters. The summed E-state index contributed by atoms with van der Waals surface area (Å²) in [4.78, 5) is 26.3. The number of fused-ring (bicyclic) bond motifs is 2. The summed E-state index contributed by atoms with van der Waals surface area (Å²) in [5.41, 5.74) is 0.617. The molecule has 1 fully saturated rings. The molecular formula is C22H32O4. The maximum Gasteiger partial charge on any atom is 0.170 e. The lowest BCUT2D eigenvalue weighted by Gasteiger charge is -2.53. The first-order chi connectivity index (χ1) is 12.1. The van der Waals surface area contributed by atoms with Crippen LogP contribution in [0, 0.1) is 16.7 Å². The Morgan fingerprint density at radius 1 is 1.23 bits per heavy atom. The van der Waals surface area contributed by atoms with E-state index < -0.39 is 22.9 Å². The molecule has 2 aliphatic carbocycles. The summed E-state index contributed by atoms with van der Waals surface area (Å²) >= 11 is 0. The molecule has 2 bridgehead atoms. The molecule has 2 aliphatic rings.